The summed E-state index contributed by atoms with van der Waals surface area (Å²) in [6.45, 7) is 3.48. The van der Waals surface area contributed by atoms with Crippen LogP contribution >= 0.6 is 23.4 Å². The largest absolute Gasteiger partial charge is 0.465 e. The van der Waals surface area contributed by atoms with E-state index in [1.54, 1.807) is 22.8 Å². The Labute approximate surface area is 189 Å². The zero-order valence-corrected chi connectivity index (χ0v) is 19.3. The highest BCUT2D eigenvalue weighted by Crippen LogP contribution is 2.28. The fourth-order valence-corrected chi connectivity index (χ4v) is 5.04. The molecule has 4 rings (SSSR count). The second-order valence-corrected chi connectivity index (χ2v) is 8.97. The van der Waals surface area contributed by atoms with Crippen molar-refractivity contribution in [3.8, 4) is 0 Å². The van der Waals surface area contributed by atoms with Gasteiger partial charge in [0.05, 0.1) is 29.4 Å². The zero-order valence-electron chi connectivity index (χ0n) is 17.7. The van der Waals surface area contributed by atoms with Gasteiger partial charge in [-0.1, -0.05) is 36.7 Å². The molecule has 3 heterocycles. The summed E-state index contributed by atoms with van der Waals surface area (Å²) in [6, 6.07) is 5.15. The molecule has 3 aromatic rings. The van der Waals surface area contributed by atoms with E-state index in [1.807, 2.05) is 4.68 Å². The molecule has 31 heavy (non-hydrogen) atoms. The lowest BCUT2D eigenvalue weighted by molar-refractivity contribution is 0.0598. The lowest BCUT2D eigenvalue weighted by Gasteiger charge is -2.13. The van der Waals surface area contributed by atoms with Gasteiger partial charge in [0.2, 0.25) is 0 Å². The van der Waals surface area contributed by atoms with Crippen molar-refractivity contribution in [1.82, 2.24) is 19.3 Å². The zero-order chi connectivity index (χ0) is 22.0. The van der Waals surface area contributed by atoms with Gasteiger partial charge in [0, 0.05) is 23.9 Å². The number of nitrogens with zero attached hydrogens (tertiary/aromatic N) is 4. The van der Waals surface area contributed by atoms with Crippen LogP contribution in [-0.4, -0.2) is 32.4 Å². The van der Waals surface area contributed by atoms with Crippen LogP contribution in [0.2, 0.25) is 5.02 Å². The van der Waals surface area contributed by atoms with E-state index in [9.17, 15) is 9.59 Å². The van der Waals surface area contributed by atoms with E-state index < -0.39 is 0 Å². The maximum Gasteiger partial charge on any atom is 0.341 e. The minimum atomic E-state index is -0.361. The van der Waals surface area contributed by atoms with Gasteiger partial charge in [0.1, 0.15) is 5.56 Å². The van der Waals surface area contributed by atoms with Crippen molar-refractivity contribution >= 4 is 40.2 Å². The molecule has 0 spiro atoms. The third kappa shape index (κ3) is 4.36. The van der Waals surface area contributed by atoms with Crippen LogP contribution in [-0.2, 0) is 30.0 Å². The molecule has 164 valence electrons. The van der Waals surface area contributed by atoms with E-state index in [4.69, 9.17) is 21.3 Å². The average molecular weight is 461 g/mol. The molecule has 0 saturated carbocycles. The van der Waals surface area contributed by atoms with Crippen LogP contribution in [0.3, 0.4) is 0 Å². The Morgan fingerprint density at radius 3 is 2.94 bits per heavy atom. The van der Waals surface area contributed by atoms with Crippen LogP contribution < -0.4 is 5.56 Å². The van der Waals surface area contributed by atoms with E-state index in [-0.39, 0.29) is 11.5 Å². The molecular formula is C22H25ClN4O3S. The predicted octanol–water partition coefficient (Wildman–Crippen LogP) is 4.46. The number of rotatable bonds is 7. The summed E-state index contributed by atoms with van der Waals surface area (Å²) in [5.74, 6) is 0.0649. The van der Waals surface area contributed by atoms with Gasteiger partial charge in [-0.3, -0.25) is 14.0 Å². The number of carbonyl (C=O) groups excluding carboxylic acids is 1. The number of fused-ring (bicyclic) bond motifs is 2. The normalized spacial score (nSPS) is 13.4. The Morgan fingerprint density at radius 1 is 1.32 bits per heavy atom. The number of thioether (sulfide) groups is 1. The second kappa shape index (κ2) is 9.44. The van der Waals surface area contributed by atoms with Crippen LogP contribution in [0.25, 0.3) is 10.9 Å². The van der Waals surface area contributed by atoms with Crippen LogP contribution in [0, 0.1) is 0 Å². The molecule has 1 aliphatic heterocycles. The monoisotopic (exact) mass is 460 g/mol. The number of hydrogen-bond acceptors (Lipinski definition) is 6. The van der Waals surface area contributed by atoms with Gasteiger partial charge in [-0.25, -0.2) is 9.78 Å². The molecule has 0 amide bonds. The molecule has 7 nitrogen and oxygen atoms in total. The Kier molecular flexibility index (Phi) is 6.67. The molecule has 0 radical (unpaired) electrons. The average Bonchev–Trinajstić information content (AvgIpc) is 3.15. The minimum Gasteiger partial charge on any atom is -0.465 e. The molecule has 0 aliphatic carbocycles. The molecular weight excluding hydrogens is 436 g/mol. The Morgan fingerprint density at radius 2 is 2.16 bits per heavy atom. The molecule has 0 unspecified atom stereocenters. The topological polar surface area (TPSA) is 79.0 Å². The highest BCUT2D eigenvalue weighted by atomic mass is 35.5. The Bertz CT molecular complexity index is 1190. The van der Waals surface area contributed by atoms with Crippen molar-refractivity contribution in [2.24, 2.45) is 0 Å². The first-order chi connectivity index (χ1) is 15.0. The van der Waals surface area contributed by atoms with Crippen molar-refractivity contribution in [1.29, 1.82) is 0 Å². The van der Waals surface area contributed by atoms with Crippen LogP contribution in [0.15, 0.2) is 28.2 Å². The Hall–Kier alpha value is -2.32. The van der Waals surface area contributed by atoms with Crippen molar-refractivity contribution in [2.75, 3.05) is 7.11 Å². The number of aryl methyl sites for hydroxylation is 1. The second-order valence-electron chi connectivity index (χ2n) is 7.60. The van der Waals surface area contributed by atoms with Gasteiger partial charge in [-0.2, -0.15) is 5.10 Å². The van der Waals surface area contributed by atoms with Crippen molar-refractivity contribution in [2.45, 2.75) is 63.0 Å². The van der Waals surface area contributed by atoms with Crippen molar-refractivity contribution in [3.63, 3.8) is 0 Å². The van der Waals surface area contributed by atoms with Gasteiger partial charge in [0.15, 0.2) is 5.16 Å². The molecule has 0 saturated heterocycles. The number of methoxy groups -OCH3 is 1. The third-order valence-corrected chi connectivity index (χ3v) is 6.73. The highest BCUT2D eigenvalue weighted by molar-refractivity contribution is 7.98. The van der Waals surface area contributed by atoms with Gasteiger partial charge in [-0.05, 0) is 43.9 Å². The fourth-order valence-electron chi connectivity index (χ4n) is 3.91. The van der Waals surface area contributed by atoms with Crippen LogP contribution in [0.1, 0.15) is 54.4 Å². The molecule has 9 heteroatoms. The molecule has 1 aliphatic rings. The van der Waals surface area contributed by atoms with Gasteiger partial charge >= 0.3 is 5.97 Å². The third-order valence-electron chi connectivity index (χ3n) is 5.51. The van der Waals surface area contributed by atoms with Crippen LogP contribution in [0.4, 0.5) is 0 Å². The molecule has 0 atom stereocenters. The molecule has 0 bridgehead atoms. The molecule has 0 fully saturated rings. The SMILES string of the molecule is CCCCn1c(SCc2nn3c(c2C(=O)OC)CCCC3)nc2cc(Cl)ccc2c1=O. The number of carbonyl (C=O) groups is 1. The summed E-state index contributed by atoms with van der Waals surface area (Å²) in [5.41, 5.74) is 2.67. The first-order valence-corrected chi connectivity index (χ1v) is 11.9. The van der Waals surface area contributed by atoms with E-state index in [0.717, 1.165) is 44.3 Å². The minimum absolute atomic E-state index is 0.0741. The summed E-state index contributed by atoms with van der Waals surface area (Å²) < 4.78 is 8.67. The standard InChI is InChI=1S/C22H25ClN4O3S/c1-3-4-10-26-20(28)15-9-8-14(23)12-16(15)24-22(26)31-13-17-19(21(29)30-2)18-7-5-6-11-27(18)25-17/h8-9,12H,3-7,10-11,13H2,1-2H3. The first-order valence-electron chi connectivity index (χ1n) is 10.5. The van der Waals surface area contributed by atoms with Gasteiger partial charge < -0.3 is 4.74 Å². The summed E-state index contributed by atoms with van der Waals surface area (Å²) in [4.78, 5) is 30.3. The van der Waals surface area contributed by atoms with E-state index in [1.165, 1.54) is 18.9 Å². The number of ether oxygens (including phenoxy) is 1. The van der Waals surface area contributed by atoms with Crippen molar-refractivity contribution in [3.05, 3.63) is 50.5 Å². The number of hydrogen-bond donors (Lipinski definition) is 0. The maximum atomic E-state index is 13.1. The maximum absolute atomic E-state index is 13.1. The highest BCUT2D eigenvalue weighted by Gasteiger charge is 2.26. The van der Waals surface area contributed by atoms with Gasteiger partial charge in [0.25, 0.3) is 5.56 Å². The summed E-state index contributed by atoms with van der Waals surface area (Å²) in [6.07, 6.45) is 4.74. The number of unbranched alkanes of at least 4 members (excludes halogenated alkanes) is 1. The number of benzene rings is 1. The quantitative estimate of drug-likeness (QED) is 0.294. The number of halogens is 1. The first kappa shape index (κ1) is 21.9. The predicted molar refractivity (Wildman–Crippen MR) is 122 cm³/mol. The van der Waals surface area contributed by atoms with E-state index >= 15 is 0 Å². The molecule has 0 N–H and O–H groups in total. The number of aromatic nitrogens is 4. The molecule has 2 aromatic heterocycles. The van der Waals surface area contributed by atoms with Crippen LogP contribution in [0.5, 0.6) is 0 Å². The van der Waals surface area contributed by atoms with Gasteiger partial charge in [-0.15, -0.1) is 0 Å². The smallest absolute Gasteiger partial charge is 0.341 e. The summed E-state index contributed by atoms with van der Waals surface area (Å²) in [7, 11) is 1.39. The fraction of sp³-hybridized carbons (Fsp3) is 0.455. The Balaban J connectivity index is 1.73. The summed E-state index contributed by atoms with van der Waals surface area (Å²) in [5, 5.41) is 6.38. The van der Waals surface area contributed by atoms with E-state index in [2.05, 4.69) is 12.0 Å². The lowest BCUT2D eigenvalue weighted by atomic mass is 10.1. The lowest BCUT2D eigenvalue weighted by Crippen LogP contribution is -2.23. The summed E-state index contributed by atoms with van der Waals surface area (Å²) >= 11 is 7.55. The number of esters is 1. The van der Waals surface area contributed by atoms with Crippen molar-refractivity contribution < 1.29 is 9.53 Å². The van der Waals surface area contributed by atoms with E-state index in [0.29, 0.717) is 44.6 Å². The molecule has 1 aromatic carbocycles.